The van der Waals surface area contributed by atoms with E-state index in [1.165, 1.54) is 13.8 Å². The Kier molecular flexibility index (Phi) is 7.71. The van der Waals surface area contributed by atoms with Gasteiger partial charge in [-0.1, -0.05) is 31.4 Å². The average Bonchev–Trinajstić information content (AvgIpc) is 2.59. The summed E-state index contributed by atoms with van der Waals surface area (Å²) in [6.45, 7) is 9.42. The molecule has 1 aromatic rings. The number of carbonyl (C=O) groups is 3. The summed E-state index contributed by atoms with van der Waals surface area (Å²) in [6, 6.07) is 8.79. The van der Waals surface area contributed by atoms with Gasteiger partial charge in [-0.15, -0.1) is 5.11 Å². The van der Waals surface area contributed by atoms with E-state index in [-0.39, 0.29) is 5.57 Å². The van der Waals surface area contributed by atoms with Crippen LogP contribution in [0.1, 0.15) is 13.8 Å². The summed E-state index contributed by atoms with van der Waals surface area (Å²) in [7, 11) is 0. The van der Waals surface area contributed by atoms with E-state index < -0.39 is 30.4 Å². The maximum Gasteiger partial charge on any atom is 0.513 e. The van der Waals surface area contributed by atoms with Crippen LogP contribution in [0.4, 0.5) is 10.5 Å². The van der Waals surface area contributed by atoms with Crippen LogP contribution >= 0.6 is 0 Å². The molecule has 1 rings (SSSR count). The molecule has 8 nitrogen and oxygen atoms in total. The summed E-state index contributed by atoms with van der Waals surface area (Å²) in [5, 5.41) is 7.65. The molecule has 0 N–H and O–H groups in total. The number of azo groups is 1. The van der Waals surface area contributed by atoms with Gasteiger partial charge in [-0.2, -0.15) is 5.11 Å². The maximum atomic E-state index is 11.8. The molecule has 0 aromatic heterocycles. The lowest BCUT2D eigenvalue weighted by Crippen LogP contribution is -2.33. The van der Waals surface area contributed by atoms with Crippen LogP contribution in [0.3, 0.4) is 0 Å². The minimum absolute atomic E-state index is 0.0338. The summed E-state index contributed by atoms with van der Waals surface area (Å²) >= 11 is 0. The first-order valence-electron chi connectivity index (χ1n) is 7.19. The molecule has 0 aliphatic carbocycles. The quantitative estimate of drug-likeness (QED) is 0.309. The van der Waals surface area contributed by atoms with Crippen molar-refractivity contribution < 1.29 is 28.6 Å². The number of rotatable bonds is 8. The third-order valence-electron chi connectivity index (χ3n) is 2.59. The zero-order chi connectivity index (χ0) is 18.8. The van der Waals surface area contributed by atoms with Gasteiger partial charge in [0.2, 0.25) is 12.0 Å². The second-order valence-electron chi connectivity index (χ2n) is 4.75. The first kappa shape index (κ1) is 19.8. The number of carbonyl (C=O) groups excluding carboxylic acids is 3. The second kappa shape index (κ2) is 9.76. The number of benzene rings is 1. The Labute approximate surface area is 144 Å². The molecule has 0 aliphatic heterocycles. The first-order chi connectivity index (χ1) is 11.8. The number of hydrogen-bond donors (Lipinski definition) is 0. The molecule has 0 amide bonds. The molecule has 25 heavy (non-hydrogen) atoms. The number of ether oxygens (including phenoxy) is 3. The van der Waals surface area contributed by atoms with E-state index in [9.17, 15) is 14.4 Å². The molecular formula is C17H18N2O6. The van der Waals surface area contributed by atoms with Gasteiger partial charge >= 0.3 is 18.4 Å². The molecule has 2 unspecified atom stereocenters. The van der Waals surface area contributed by atoms with E-state index in [4.69, 9.17) is 9.47 Å². The van der Waals surface area contributed by atoms with Gasteiger partial charge in [0.15, 0.2) is 0 Å². The zero-order valence-electron chi connectivity index (χ0n) is 13.9. The fraction of sp³-hybridized carbons (Fsp3) is 0.235. The number of Topliss-reactive ketones (excluding diaryl/α,β-unsaturated/α-hetero) is 1. The molecule has 0 spiro atoms. The molecule has 1 aromatic carbocycles. The molecule has 0 radical (unpaired) electrons. The Bertz CT molecular complexity index is 684. The number of hydrogen-bond acceptors (Lipinski definition) is 8. The highest BCUT2D eigenvalue weighted by Crippen LogP contribution is 2.12. The van der Waals surface area contributed by atoms with Gasteiger partial charge < -0.3 is 14.2 Å². The summed E-state index contributed by atoms with van der Waals surface area (Å²) in [4.78, 5) is 34.8. The van der Waals surface area contributed by atoms with Crippen LogP contribution in [0.2, 0.25) is 0 Å². The van der Waals surface area contributed by atoms with Gasteiger partial charge in [0.05, 0.1) is 5.69 Å². The Morgan fingerprint density at radius 1 is 1.12 bits per heavy atom. The van der Waals surface area contributed by atoms with E-state index >= 15 is 0 Å². The van der Waals surface area contributed by atoms with Crippen molar-refractivity contribution in [3.05, 3.63) is 55.1 Å². The van der Waals surface area contributed by atoms with Crippen LogP contribution in [0, 0.1) is 0 Å². The highest BCUT2D eigenvalue weighted by molar-refractivity contribution is 5.99. The Morgan fingerprint density at radius 3 is 2.32 bits per heavy atom. The van der Waals surface area contributed by atoms with Crippen LogP contribution in [-0.2, 0) is 23.8 Å². The highest BCUT2D eigenvalue weighted by Gasteiger charge is 2.28. The summed E-state index contributed by atoms with van der Waals surface area (Å²) < 4.78 is 14.2. The predicted molar refractivity (Wildman–Crippen MR) is 87.9 cm³/mol. The number of nitrogens with zero attached hydrogens (tertiary/aromatic N) is 2. The molecule has 8 heteroatoms. The van der Waals surface area contributed by atoms with Crippen LogP contribution in [0.25, 0.3) is 0 Å². The normalized spacial score (nSPS) is 12.7. The highest BCUT2D eigenvalue weighted by atomic mass is 16.8. The van der Waals surface area contributed by atoms with Crippen molar-refractivity contribution in [2.75, 3.05) is 0 Å². The maximum absolute atomic E-state index is 11.8. The summed E-state index contributed by atoms with van der Waals surface area (Å²) in [6.07, 6.45) is -3.22. The van der Waals surface area contributed by atoms with Gasteiger partial charge in [-0.05, 0) is 31.6 Å². The standard InChI is InChI=1S/C17H18N2O6/c1-5-14(20)24-16(15(21)11(2)3)25-17(22)23-12(4)18-19-13-9-7-6-8-10-13/h5-10,12,16H,1-2H2,3-4H3/b19-18+. The van der Waals surface area contributed by atoms with E-state index in [1.54, 1.807) is 24.3 Å². The van der Waals surface area contributed by atoms with E-state index in [1.807, 2.05) is 6.07 Å². The van der Waals surface area contributed by atoms with Crippen LogP contribution in [-0.4, -0.2) is 30.4 Å². The van der Waals surface area contributed by atoms with Gasteiger partial charge in [0.25, 0.3) is 0 Å². The molecule has 0 saturated carbocycles. The van der Waals surface area contributed by atoms with E-state index in [2.05, 4.69) is 28.1 Å². The lowest BCUT2D eigenvalue weighted by molar-refractivity contribution is -0.173. The Balaban J connectivity index is 2.65. The smallest absolute Gasteiger partial charge is 0.414 e. The van der Waals surface area contributed by atoms with Gasteiger partial charge in [-0.25, -0.2) is 9.59 Å². The Hall–Kier alpha value is -3.29. The van der Waals surface area contributed by atoms with Crippen molar-refractivity contribution in [2.24, 2.45) is 10.2 Å². The van der Waals surface area contributed by atoms with Crippen molar-refractivity contribution >= 4 is 23.6 Å². The third kappa shape index (κ3) is 7.21. The van der Waals surface area contributed by atoms with E-state index in [0.717, 1.165) is 6.08 Å². The molecule has 0 heterocycles. The minimum atomic E-state index is -1.81. The topological polar surface area (TPSA) is 104 Å². The molecule has 0 aliphatic rings. The zero-order valence-corrected chi connectivity index (χ0v) is 13.9. The molecule has 2 atom stereocenters. The largest absolute Gasteiger partial charge is 0.513 e. The molecular weight excluding hydrogens is 328 g/mol. The Morgan fingerprint density at radius 2 is 1.76 bits per heavy atom. The van der Waals surface area contributed by atoms with Crippen molar-refractivity contribution in [1.29, 1.82) is 0 Å². The van der Waals surface area contributed by atoms with Crippen molar-refractivity contribution in [3.8, 4) is 0 Å². The minimum Gasteiger partial charge on any atom is -0.414 e. The second-order valence-corrected chi connectivity index (χ2v) is 4.75. The van der Waals surface area contributed by atoms with Crippen molar-refractivity contribution in [2.45, 2.75) is 26.4 Å². The summed E-state index contributed by atoms with van der Waals surface area (Å²) in [5.41, 5.74) is 0.605. The molecule has 0 bridgehead atoms. The van der Waals surface area contributed by atoms with E-state index in [0.29, 0.717) is 5.69 Å². The number of esters is 1. The number of ketones is 1. The predicted octanol–water partition coefficient (Wildman–Crippen LogP) is 3.47. The van der Waals surface area contributed by atoms with Crippen molar-refractivity contribution in [1.82, 2.24) is 0 Å². The van der Waals surface area contributed by atoms with Gasteiger partial charge in [0.1, 0.15) is 0 Å². The fourth-order valence-corrected chi connectivity index (χ4v) is 1.41. The monoisotopic (exact) mass is 346 g/mol. The van der Waals surface area contributed by atoms with Crippen LogP contribution in [0.15, 0.2) is 65.4 Å². The van der Waals surface area contributed by atoms with Crippen LogP contribution in [0.5, 0.6) is 0 Å². The SMILES string of the molecule is C=CC(=O)OC(OC(=O)OC(C)/N=N/c1ccccc1)C(=O)C(=C)C. The molecule has 0 fully saturated rings. The lowest BCUT2D eigenvalue weighted by atomic mass is 10.2. The first-order valence-corrected chi connectivity index (χ1v) is 7.19. The molecule has 0 saturated heterocycles. The lowest BCUT2D eigenvalue weighted by Gasteiger charge is -2.16. The van der Waals surface area contributed by atoms with Crippen LogP contribution < -0.4 is 0 Å². The van der Waals surface area contributed by atoms with Gasteiger partial charge in [-0.3, -0.25) is 4.79 Å². The summed E-state index contributed by atoms with van der Waals surface area (Å²) in [5.74, 6) is -1.73. The molecule has 132 valence electrons. The van der Waals surface area contributed by atoms with Crippen molar-refractivity contribution in [3.63, 3.8) is 0 Å². The third-order valence-corrected chi connectivity index (χ3v) is 2.59. The average molecular weight is 346 g/mol. The van der Waals surface area contributed by atoms with Gasteiger partial charge in [0, 0.05) is 6.08 Å². The fourth-order valence-electron chi connectivity index (χ4n) is 1.41.